The summed E-state index contributed by atoms with van der Waals surface area (Å²) >= 11 is 0. The monoisotopic (exact) mass is 357 g/mol. The van der Waals surface area contributed by atoms with Crippen molar-refractivity contribution in [1.82, 2.24) is 15.0 Å². The molecule has 1 aliphatic carbocycles. The number of anilines is 3. The normalized spacial score (nSPS) is 19.6. The average molecular weight is 357 g/mol. The highest BCUT2D eigenvalue weighted by Gasteiger charge is 2.21. The second kappa shape index (κ2) is 7.96. The molecular formula is C17H23N7O2. The van der Waals surface area contributed by atoms with Crippen LogP contribution in [0.2, 0.25) is 0 Å². The van der Waals surface area contributed by atoms with Crippen LogP contribution in [-0.2, 0) is 0 Å². The number of aromatic nitrogens is 3. The molecule has 2 aromatic rings. The second-order valence-corrected chi connectivity index (χ2v) is 6.29. The fourth-order valence-corrected chi connectivity index (χ4v) is 2.89. The predicted octanol–water partition coefficient (Wildman–Crippen LogP) is 1.40. The lowest BCUT2D eigenvalue weighted by molar-refractivity contribution is 0.100. The van der Waals surface area contributed by atoms with E-state index in [2.05, 4.69) is 25.6 Å². The van der Waals surface area contributed by atoms with E-state index in [-0.39, 0.29) is 17.6 Å². The number of hydrogen-bond donors (Lipinski definition) is 4. The fraction of sp³-hybridized carbons (Fsp3) is 0.412. The van der Waals surface area contributed by atoms with Crippen molar-refractivity contribution in [1.29, 1.82) is 0 Å². The van der Waals surface area contributed by atoms with E-state index in [0.29, 0.717) is 23.3 Å². The molecule has 138 valence electrons. The van der Waals surface area contributed by atoms with Crippen molar-refractivity contribution in [3.05, 3.63) is 30.1 Å². The van der Waals surface area contributed by atoms with Crippen molar-refractivity contribution in [2.45, 2.75) is 37.8 Å². The zero-order valence-corrected chi connectivity index (χ0v) is 14.6. The SMILES string of the molecule is COc1ccc(Nc2ncc(C(N)=O)c(N[C@H]3CC[C@@H](N)CC3)n2)cn1. The van der Waals surface area contributed by atoms with Gasteiger partial charge in [0.1, 0.15) is 5.82 Å². The molecule has 6 N–H and O–H groups in total. The molecule has 0 aromatic carbocycles. The average Bonchev–Trinajstić information content (AvgIpc) is 2.64. The quantitative estimate of drug-likeness (QED) is 0.608. The fourth-order valence-electron chi connectivity index (χ4n) is 2.89. The first kappa shape index (κ1) is 17.9. The van der Waals surface area contributed by atoms with Gasteiger partial charge in [-0.1, -0.05) is 0 Å². The van der Waals surface area contributed by atoms with Crippen molar-refractivity contribution in [3.63, 3.8) is 0 Å². The summed E-state index contributed by atoms with van der Waals surface area (Å²) in [7, 11) is 1.55. The Balaban J connectivity index is 1.77. The van der Waals surface area contributed by atoms with Crippen LogP contribution in [0, 0.1) is 0 Å². The molecule has 9 heteroatoms. The third-order valence-corrected chi connectivity index (χ3v) is 4.37. The maximum absolute atomic E-state index is 11.7. The molecule has 0 spiro atoms. The molecule has 0 saturated heterocycles. The van der Waals surface area contributed by atoms with Crippen LogP contribution in [-0.4, -0.2) is 40.1 Å². The lowest BCUT2D eigenvalue weighted by atomic mass is 9.92. The molecule has 2 heterocycles. The van der Waals surface area contributed by atoms with E-state index in [1.807, 2.05) is 0 Å². The number of nitrogens with one attached hydrogen (secondary N) is 2. The van der Waals surface area contributed by atoms with Crippen LogP contribution >= 0.6 is 0 Å². The molecule has 0 bridgehead atoms. The number of amides is 1. The lowest BCUT2D eigenvalue weighted by Crippen LogP contribution is -2.33. The van der Waals surface area contributed by atoms with E-state index < -0.39 is 5.91 Å². The molecule has 0 unspecified atom stereocenters. The number of carbonyl (C=O) groups excluding carboxylic acids is 1. The highest BCUT2D eigenvalue weighted by Crippen LogP contribution is 2.23. The van der Waals surface area contributed by atoms with Gasteiger partial charge in [-0.15, -0.1) is 0 Å². The summed E-state index contributed by atoms with van der Waals surface area (Å²) in [6.07, 6.45) is 6.77. The molecule has 3 rings (SSSR count). The predicted molar refractivity (Wildman–Crippen MR) is 98.5 cm³/mol. The van der Waals surface area contributed by atoms with Crippen LogP contribution in [0.15, 0.2) is 24.5 Å². The van der Waals surface area contributed by atoms with Gasteiger partial charge in [0.25, 0.3) is 5.91 Å². The number of carbonyl (C=O) groups is 1. The Hall–Kier alpha value is -2.94. The van der Waals surface area contributed by atoms with Crippen LogP contribution in [0.3, 0.4) is 0 Å². The molecule has 2 aromatic heterocycles. The van der Waals surface area contributed by atoms with Crippen molar-refractivity contribution < 1.29 is 9.53 Å². The van der Waals surface area contributed by atoms with E-state index in [1.165, 1.54) is 6.20 Å². The Morgan fingerprint density at radius 2 is 1.96 bits per heavy atom. The van der Waals surface area contributed by atoms with Gasteiger partial charge in [-0.3, -0.25) is 4.79 Å². The third kappa shape index (κ3) is 4.37. The van der Waals surface area contributed by atoms with Gasteiger partial charge in [0, 0.05) is 24.3 Å². The third-order valence-electron chi connectivity index (χ3n) is 4.37. The first-order valence-corrected chi connectivity index (χ1v) is 8.51. The van der Waals surface area contributed by atoms with Gasteiger partial charge in [0.05, 0.1) is 24.6 Å². The van der Waals surface area contributed by atoms with Crippen molar-refractivity contribution >= 4 is 23.4 Å². The van der Waals surface area contributed by atoms with Crippen LogP contribution < -0.4 is 26.8 Å². The summed E-state index contributed by atoms with van der Waals surface area (Å²) in [5.74, 6) is 0.713. The van der Waals surface area contributed by atoms with E-state index in [4.69, 9.17) is 16.2 Å². The second-order valence-electron chi connectivity index (χ2n) is 6.29. The minimum Gasteiger partial charge on any atom is -0.481 e. The minimum absolute atomic E-state index is 0.207. The van der Waals surface area contributed by atoms with Crippen LogP contribution in [0.1, 0.15) is 36.0 Å². The smallest absolute Gasteiger partial charge is 0.254 e. The summed E-state index contributed by atoms with van der Waals surface area (Å²) in [4.78, 5) is 24.4. The number of nitrogens with zero attached hydrogens (tertiary/aromatic N) is 3. The van der Waals surface area contributed by atoms with Crippen molar-refractivity contribution in [2.24, 2.45) is 11.5 Å². The van der Waals surface area contributed by atoms with Gasteiger partial charge < -0.3 is 26.8 Å². The molecular weight excluding hydrogens is 334 g/mol. The molecule has 0 radical (unpaired) electrons. The van der Waals surface area contributed by atoms with E-state index >= 15 is 0 Å². The van der Waals surface area contributed by atoms with E-state index in [9.17, 15) is 4.79 Å². The van der Waals surface area contributed by atoms with Crippen LogP contribution in [0.5, 0.6) is 5.88 Å². The molecule has 26 heavy (non-hydrogen) atoms. The zero-order chi connectivity index (χ0) is 18.5. The van der Waals surface area contributed by atoms with Gasteiger partial charge in [-0.05, 0) is 31.7 Å². The number of rotatable bonds is 6. The van der Waals surface area contributed by atoms with E-state index in [0.717, 1.165) is 25.7 Å². The molecule has 1 fully saturated rings. The van der Waals surface area contributed by atoms with E-state index in [1.54, 1.807) is 25.4 Å². The van der Waals surface area contributed by atoms with Gasteiger partial charge >= 0.3 is 0 Å². The van der Waals surface area contributed by atoms with Crippen LogP contribution in [0.4, 0.5) is 17.5 Å². The summed E-state index contributed by atoms with van der Waals surface area (Å²) in [6.45, 7) is 0. The molecule has 9 nitrogen and oxygen atoms in total. The molecule has 0 atom stereocenters. The number of pyridine rings is 1. The summed E-state index contributed by atoms with van der Waals surface area (Å²) in [6, 6.07) is 3.98. The van der Waals surface area contributed by atoms with Crippen molar-refractivity contribution in [2.75, 3.05) is 17.7 Å². The highest BCUT2D eigenvalue weighted by atomic mass is 16.5. The summed E-state index contributed by atoms with van der Waals surface area (Å²) in [5.41, 5.74) is 12.4. The van der Waals surface area contributed by atoms with Crippen molar-refractivity contribution in [3.8, 4) is 5.88 Å². The largest absolute Gasteiger partial charge is 0.481 e. The number of nitrogens with two attached hydrogens (primary N) is 2. The minimum atomic E-state index is -0.572. The molecule has 0 aliphatic heterocycles. The zero-order valence-electron chi connectivity index (χ0n) is 14.6. The maximum Gasteiger partial charge on any atom is 0.254 e. The Kier molecular flexibility index (Phi) is 5.47. The molecule has 1 amide bonds. The first-order chi connectivity index (χ1) is 12.5. The number of hydrogen-bond acceptors (Lipinski definition) is 8. The number of methoxy groups -OCH3 is 1. The lowest BCUT2D eigenvalue weighted by Gasteiger charge is -2.27. The van der Waals surface area contributed by atoms with Gasteiger partial charge in [0.2, 0.25) is 11.8 Å². The topological polar surface area (TPSA) is 141 Å². The Bertz CT molecular complexity index is 758. The molecule has 1 saturated carbocycles. The summed E-state index contributed by atoms with van der Waals surface area (Å²) < 4.78 is 5.03. The Morgan fingerprint density at radius 1 is 1.19 bits per heavy atom. The van der Waals surface area contributed by atoms with Gasteiger partial charge in [-0.25, -0.2) is 9.97 Å². The highest BCUT2D eigenvalue weighted by molar-refractivity contribution is 5.97. The Morgan fingerprint density at radius 3 is 2.58 bits per heavy atom. The number of primary amides is 1. The maximum atomic E-state index is 11.7. The standard InChI is InChI=1S/C17H23N7O2/c1-26-14-7-6-12(8-20-14)23-17-21-9-13(15(19)25)16(24-17)22-11-4-2-10(18)3-5-11/h6-11H,2-5,18H2,1H3,(H2,19,25)(H2,21,22,23,24)/t10-,11+. The van der Waals surface area contributed by atoms with Crippen LogP contribution in [0.25, 0.3) is 0 Å². The Labute approximate surface area is 151 Å². The first-order valence-electron chi connectivity index (χ1n) is 8.51. The van der Waals surface area contributed by atoms with Gasteiger partial charge in [-0.2, -0.15) is 4.98 Å². The van der Waals surface area contributed by atoms with Gasteiger partial charge in [0.15, 0.2) is 0 Å². The number of ether oxygens (including phenoxy) is 1. The molecule has 1 aliphatic rings. The summed E-state index contributed by atoms with van der Waals surface area (Å²) in [5, 5.41) is 6.37.